The number of carbonyl (C=O) groups excluding carboxylic acids is 2. The zero-order chi connectivity index (χ0) is 23.2. The number of rotatable bonds is 8. The Morgan fingerprint density at radius 1 is 1.13 bits per heavy atom. The highest BCUT2D eigenvalue weighted by molar-refractivity contribution is 6.30. The Labute approximate surface area is 187 Å². The van der Waals surface area contributed by atoms with Crippen LogP contribution in [0.2, 0.25) is 5.02 Å². The molecule has 7 heteroatoms. The molecule has 0 heterocycles. The summed E-state index contributed by atoms with van der Waals surface area (Å²) in [5, 5.41) is 3.16. The smallest absolute Gasteiger partial charge is 0.408 e. The molecule has 2 aromatic rings. The van der Waals surface area contributed by atoms with Gasteiger partial charge in [-0.3, -0.25) is 0 Å². The van der Waals surface area contributed by atoms with Gasteiger partial charge in [-0.25, -0.2) is 14.0 Å². The van der Waals surface area contributed by atoms with Crippen LogP contribution in [0.4, 0.5) is 9.18 Å². The Hall–Kier alpha value is -2.60. The molecule has 0 aliphatic heterocycles. The summed E-state index contributed by atoms with van der Waals surface area (Å²) in [6.45, 7) is 7.69. The van der Waals surface area contributed by atoms with Crippen LogP contribution >= 0.6 is 11.6 Å². The lowest BCUT2D eigenvalue weighted by atomic mass is 9.76. The van der Waals surface area contributed by atoms with Crippen LogP contribution in [0.5, 0.6) is 0 Å². The number of benzene rings is 2. The zero-order valence-corrected chi connectivity index (χ0v) is 19.2. The van der Waals surface area contributed by atoms with Crippen LogP contribution < -0.4 is 5.32 Å². The van der Waals surface area contributed by atoms with Crippen molar-refractivity contribution in [3.05, 3.63) is 70.5 Å². The average molecular weight is 450 g/mol. The number of halogens is 2. The lowest BCUT2D eigenvalue weighted by Gasteiger charge is -2.35. The van der Waals surface area contributed by atoms with Crippen LogP contribution in [0, 0.1) is 11.7 Å². The van der Waals surface area contributed by atoms with E-state index in [0.29, 0.717) is 17.0 Å². The van der Waals surface area contributed by atoms with Gasteiger partial charge in [-0.15, -0.1) is 0 Å². The van der Waals surface area contributed by atoms with Gasteiger partial charge in [-0.05, 0) is 47.7 Å². The highest BCUT2D eigenvalue weighted by Gasteiger charge is 2.37. The Balaban J connectivity index is 2.35. The summed E-state index contributed by atoms with van der Waals surface area (Å²) in [7, 11) is 1.27. The highest BCUT2D eigenvalue weighted by Crippen LogP contribution is 2.40. The Morgan fingerprint density at radius 2 is 1.77 bits per heavy atom. The second-order valence-corrected chi connectivity index (χ2v) is 8.86. The van der Waals surface area contributed by atoms with Gasteiger partial charge in [0.2, 0.25) is 0 Å². The van der Waals surface area contributed by atoms with Crippen molar-refractivity contribution in [3.8, 4) is 0 Å². The van der Waals surface area contributed by atoms with Gasteiger partial charge in [0.1, 0.15) is 18.0 Å². The first-order chi connectivity index (χ1) is 14.5. The van der Waals surface area contributed by atoms with E-state index in [1.54, 1.807) is 24.3 Å². The molecule has 0 aliphatic rings. The van der Waals surface area contributed by atoms with Crippen LogP contribution in [0.15, 0.2) is 48.5 Å². The largest absolute Gasteiger partial charge is 0.467 e. The molecule has 0 bridgehead atoms. The lowest BCUT2D eigenvalue weighted by Crippen LogP contribution is -2.44. The quantitative estimate of drug-likeness (QED) is 0.516. The van der Waals surface area contributed by atoms with Gasteiger partial charge in [0.05, 0.1) is 7.11 Å². The molecular formula is C24H29ClFNO4. The van der Waals surface area contributed by atoms with Crippen molar-refractivity contribution in [3.63, 3.8) is 0 Å². The third-order valence-electron chi connectivity index (χ3n) is 5.11. The number of carbonyl (C=O) groups is 2. The molecule has 0 aliphatic carbocycles. The van der Waals surface area contributed by atoms with Crippen LogP contribution in [0.3, 0.4) is 0 Å². The maximum Gasteiger partial charge on any atom is 0.408 e. The first kappa shape index (κ1) is 24.7. The Morgan fingerprint density at radius 3 is 2.32 bits per heavy atom. The normalized spacial score (nSPS) is 13.4. The molecule has 1 amide bonds. The molecule has 0 saturated heterocycles. The second-order valence-electron chi connectivity index (χ2n) is 8.42. The lowest BCUT2D eigenvalue weighted by molar-refractivity contribution is -0.143. The third-order valence-corrected chi connectivity index (χ3v) is 5.34. The molecule has 0 aromatic heterocycles. The number of ether oxygens (including phenoxy) is 2. The predicted octanol–water partition coefficient (Wildman–Crippen LogP) is 5.81. The summed E-state index contributed by atoms with van der Waals surface area (Å²) >= 11 is 6.18. The second kappa shape index (κ2) is 10.6. The van der Waals surface area contributed by atoms with Gasteiger partial charge < -0.3 is 14.8 Å². The van der Waals surface area contributed by atoms with Crippen LogP contribution in [0.1, 0.15) is 51.3 Å². The molecule has 0 fully saturated rings. The molecule has 2 unspecified atom stereocenters. The summed E-state index contributed by atoms with van der Waals surface area (Å²) in [6, 6.07) is 12.2. The van der Waals surface area contributed by atoms with E-state index in [4.69, 9.17) is 21.1 Å². The van der Waals surface area contributed by atoms with Crippen molar-refractivity contribution in [2.75, 3.05) is 7.11 Å². The number of esters is 1. The first-order valence-corrected chi connectivity index (χ1v) is 10.5. The number of alkyl carbamates (subject to hydrolysis) is 1. The topological polar surface area (TPSA) is 64.6 Å². The fraction of sp³-hybridized carbons (Fsp3) is 0.417. The van der Waals surface area contributed by atoms with Crippen molar-refractivity contribution < 1.29 is 23.5 Å². The predicted molar refractivity (Wildman–Crippen MR) is 118 cm³/mol. The van der Waals surface area contributed by atoms with E-state index in [1.807, 2.05) is 39.8 Å². The summed E-state index contributed by atoms with van der Waals surface area (Å²) in [6.07, 6.45) is -1.13. The van der Waals surface area contributed by atoms with E-state index < -0.39 is 35.4 Å². The van der Waals surface area contributed by atoms with E-state index in [2.05, 4.69) is 5.32 Å². The highest BCUT2D eigenvalue weighted by atomic mass is 35.5. The fourth-order valence-electron chi connectivity index (χ4n) is 3.42. The number of amides is 1. The van der Waals surface area contributed by atoms with E-state index in [1.165, 1.54) is 19.2 Å². The molecule has 5 nitrogen and oxygen atoms in total. The minimum Gasteiger partial charge on any atom is -0.467 e. The van der Waals surface area contributed by atoms with Crippen molar-refractivity contribution in [2.45, 2.75) is 51.7 Å². The first-order valence-electron chi connectivity index (χ1n) is 10.1. The van der Waals surface area contributed by atoms with Gasteiger partial charge in [-0.2, -0.15) is 0 Å². The molecule has 0 spiro atoms. The zero-order valence-electron chi connectivity index (χ0n) is 18.4. The van der Waals surface area contributed by atoms with Crippen molar-refractivity contribution >= 4 is 23.7 Å². The van der Waals surface area contributed by atoms with Crippen LogP contribution in [0.25, 0.3) is 0 Å². The molecule has 2 aromatic carbocycles. The van der Waals surface area contributed by atoms with Crippen molar-refractivity contribution in [2.24, 2.45) is 5.92 Å². The monoisotopic (exact) mass is 449 g/mol. The third kappa shape index (κ3) is 6.69. The number of nitrogens with one attached hydrogen (secondary N) is 1. The number of methoxy groups -OCH3 is 1. The van der Waals surface area contributed by atoms with Crippen molar-refractivity contribution in [1.29, 1.82) is 0 Å². The van der Waals surface area contributed by atoms with Gasteiger partial charge in [-0.1, -0.05) is 63.6 Å². The van der Waals surface area contributed by atoms with E-state index >= 15 is 0 Å². The van der Waals surface area contributed by atoms with Gasteiger partial charge in [0.25, 0.3) is 0 Å². The maximum atomic E-state index is 13.5. The number of hydrogen-bond acceptors (Lipinski definition) is 4. The van der Waals surface area contributed by atoms with E-state index in [-0.39, 0.29) is 5.92 Å². The van der Waals surface area contributed by atoms with E-state index in [0.717, 1.165) is 5.56 Å². The van der Waals surface area contributed by atoms with Crippen LogP contribution in [-0.4, -0.2) is 25.2 Å². The van der Waals surface area contributed by atoms with Gasteiger partial charge >= 0.3 is 12.1 Å². The van der Waals surface area contributed by atoms with Gasteiger partial charge in [0.15, 0.2) is 0 Å². The molecule has 1 N–H and O–H groups in total. The Bertz CT molecular complexity index is 899. The Kier molecular flexibility index (Phi) is 8.45. The molecule has 31 heavy (non-hydrogen) atoms. The van der Waals surface area contributed by atoms with Gasteiger partial charge in [0, 0.05) is 10.4 Å². The molecule has 2 atom stereocenters. The number of hydrogen-bond donors (Lipinski definition) is 1. The molecule has 0 radical (unpaired) electrons. The fourth-order valence-corrected chi connectivity index (χ4v) is 3.61. The summed E-state index contributed by atoms with van der Waals surface area (Å²) in [4.78, 5) is 24.9. The van der Waals surface area contributed by atoms with E-state index in [9.17, 15) is 14.0 Å². The molecule has 2 rings (SSSR count). The standard InChI is InChI=1S/C24H29ClFNO4/c1-15(2)13-20(22(28)30-5)27-23(29)31-21(16-9-11-19(26)12-10-16)24(3,4)17-7-6-8-18(25)14-17/h6-12,14-15,20-21H,13H2,1-5H3,(H,27,29). The average Bonchev–Trinajstić information content (AvgIpc) is 2.71. The molecule has 168 valence electrons. The maximum absolute atomic E-state index is 13.5. The SMILES string of the molecule is COC(=O)C(CC(C)C)NC(=O)OC(c1ccc(F)cc1)C(C)(C)c1cccc(Cl)c1. The summed E-state index contributed by atoms with van der Waals surface area (Å²) in [5.74, 6) is -0.784. The summed E-state index contributed by atoms with van der Waals surface area (Å²) in [5.41, 5.74) is 0.743. The molecular weight excluding hydrogens is 421 g/mol. The summed E-state index contributed by atoms with van der Waals surface area (Å²) < 4.78 is 24.1. The van der Waals surface area contributed by atoms with Crippen LogP contribution in [-0.2, 0) is 19.7 Å². The minimum absolute atomic E-state index is 0.153. The van der Waals surface area contributed by atoms with Crippen molar-refractivity contribution in [1.82, 2.24) is 5.32 Å². The minimum atomic E-state index is -0.833. The molecule has 0 saturated carbocycles.